The molecule has 20 heavy (non-hydrogen) atoms. The summed E-state index contributed by atoms with van der Waals surface area (Å²) in [6.45, 7) is 0. The van der Waals surface area contributed by atoms with Crippen LogP contribution in [-0.2, 0) is 4.74 Å². The first-order valence-electron chi connectivity index (χ1n) is 7.10. The van der Waals surface area contributed by atoms with E-state index in [4.69, 9.17) is 16.3 Å². The van der Waals surface area contributed by atoms with E-state index in [1.54, 1.807) is 12.1 Å². The van der Waals surface area contributed by atoms with E-state index in [9.17, 15) is 9.90 Å². The van der Waals surface area contributed by atoms with E-state index < -0.39 is 18.4 Å². The summed E-state index contributed by atoms with van der Waals surface area (Å²) >= 11 is 6.13. The van der Waals surface area contributed by atoms with Gasteiger partial charge in [-0.05, 0) is 18.9 Å². The van der Waals surface area contributed by atoms with E-state index in [2.05, 4.69) is 0 Å². The highest BCUT2D eigenvalue weighted by Crippen LogP contribution is 2.38. The summed E-state index contributed by atoms with van der Waals surface area (Å²) in [5, 5.41) is 11.0. The molecule has 2 aliphatic rings. The molecule has 1 N–H and O–H groups in total. The highest BCUT2D eigenvalue weighted by Gasteiger charge is 2.45. The second-order valence-electron chi connectivity index (χ2n) is 5.44. The monoisotopic (exact) mass is 295 g/mol. The van der Waals surface area contributed by atoms with Crippen LogP contribution in [0, 0.1) is 0 Å². The fourth-order valence-electron chi connectivity index (χ4n) is 3.14. The Kier molecular flexibility index (Phi) is 3.85. The van der Waals surface area contributed by atoms with Gasteiger partial charge in [-0.25, -0.2) is 4.79 Å². The average Bonchev–Trinajstić information content (AvgIpc) is 2.75. The number of nitrogens with zero attached hydrogens (tertiary/aromatic N) is 1. The van der Waals surface area contributed by atoms with Crippen LogP contribution in [0.5, 0.6) is 0 Å². The van der Waals surface area contributed by atoms with Gasteiger partial charge in [-0.3, -0.25) is 4.90 Å². The lowest BCUT2D eigenvalue weighted by atomic mass is 9.94. The largest absolute Gasteiger partial charge is 0.436 e. The van der Waals surface area contributed by atoms with Crippen LogP contribution in [0.4, 0.5) is 4.79 Å². The highest BCUT2D eigenvalue weighted by atomic mass is 35.5. The van der Waals surface area contributed by atoms with Gasteiger partial charge in [-0.1, -0.05) is 49.1 Å². The third kappa shape index (κ3) is 2.38. The van der Waals surface area contributed by atoms with E-state index >= 15 is 0 Å². The normalized spacial score (nSPS) is 27.7. The zero-order chi connectivity index (χ0) is 14.1. The Morgan fingerprint density at radius 2 is 1.90 bits per heavy atom. The van der Waals surface area contributed by atoms with Gasteiger partial charge in [-0.15, -0.1) is 0 Å². The summed E-state index contributed by atoms with van der Waals surface area (Å²) in [4.78, 5) is 13.6. The average molecular weight is 296 g/mol. The zero-order valence-electron chi connectivity index (χ0n) is 11.2. The number of cyclic esters (lactones) is 1. The molecule has 1 amide bonds. The van der Waals surface area contributed by atoms with Crippen molar-refractivity contribution in [2.24, 2.45) is 0 Å². The first-order valence-corrected chi connectivity index (χ1v) is 7.47. The number of benzene rings is 1. The molecule has 5 heteroatoms. The van der Waals surface area contributed by atoms with Crippen molar-refractivity contribution in [2.45, 2.75) is 50.5 Å². The van der Waals surface area contributed by atoms with Crippen molar-refractivity contribution in [2.75, 3.05) is 0 Å². The van der Waals surface area contributed by atoms with Gasteiger partial charge in [0.15, 0.2) is 12.3 Å². The Balaban J connectivity index is 1.83. The van der Waals surface area contributed by atoms with E-state index in [0.717, 1.165) is 25.7 Å². The van der Waals surface area contributed by atoms with Crippen molar-refractivity contribution in [1.82, 2.24) is 4.90 Å². The molecule has 1 saturated heterocycles. The van der Waals surface area contributed by atoms with Gasteiger partial charge in [-0.2, -0.15) is 0 Å². The first kappa shape index (κ1) is 13.7. The fourth-order valence-corrected chi connectivity index (χ4v) is 3.38. The maximum Gasteiger partial charge on any atom is 0.413 e. The predicted molar refractivity (Wildman–Crippen MR) is 75.4 cm³/mol. The lowest BCUT2D eigenvalue weighted by Gasteiger charge is -2.31. The number of ether oxygens (including phenoxy) is 1. The number of carbonyl (C=O) groups is 1. The molecule has 1 aliphatic heterocycles. The Hall–Kier alpha value is -1.26. The van der Waals surface area contributed by atoms with Gasteiger partial charge < -0.3 is 9.84 Å². The van der Waals surface area contributed by atoms with Crippen LogP contribution >= 0.6 is 11.6 Å². The Labute approximate surface area is 123 Å². The lowest BCUT2D eigenvalue weighted by molar-refractivity contribution is -0.00843. The van der Waals surface area contributed by atoms with Crippen molar-refractivity contribution in [3.05, 3.63) is 34.9 Å². The second kappa shape index (κ2) is 5.62. The Bertz CT molecular complexity index is 502. The molecule has 1 aromatic carbocycles. The van der Waals surface area contributed by atoms with Crippen LogP contribution in [0.15, 0.2) is 24.3 Å². The SMILES string of the molecule is O=C1O[C@@H](c2ccccc2Cl)[C@@H](O)N1C1CCCCC1. The number of hydrogen-bond donors (Lipinski definition) is 1. The molecular weight excluding hydrogens is 278 g/mol. The van der Waals surface area contributed by atoms with Gasteiger partial charge in [0, 0.05) is 16.6 Å². The standard InChI is InChI=1S/C15H18ClNO3/c16-12-9-5-4-8-11(12)13-14(18)17(15(19)20-13)10-6-2-1-3-7-10/h4-5,8-10,13-14,18H,1-3,6-7H2/t13-,14+/m0/s1. The molecule has 1 aromatic rings. The van der Waals surface area contributed by atoms with Crippen LogP contribution in [-0.4, -0.2) is 28.4 Å². The van der Waals surface area contributed by atoms with E-state index in [-0.39, 0.29) is 6.04 Å². The minimum absolute atomic E-state index is 0.0822. The summed E-state index contributed by atoms with van der Waals surface area (Å²) in [5.74, 6) is 0. The van der Waals surface area contributed by atoms with Crippen LogP contribution in [0.3, 0.4) is 0 Å². The van der Waals surface area contributed by atoms with Gasteiger partial charge in [0.1, 0.15) is 0 Å². The molecule has 0 unspecified atom stereocenters. The molecule has 1 heterocycles. The lowest BCUT2D eigenvalue weighted by Crippen LogP contribution is -2.43. The molecule has 0 aromatic heterocycles. The quantitative estimate of drug-likeness (QED) is 0.908. The number of carbonyl (C=O) groups excluding carboxylic acids is 1. The number of hydrogen-bond acceptors (Lipinski definition) is 3. The van der Waals surface area contributed by atoms with Crippen molar-refractivity contribution < 1.29 is 14.6 Å². The summed E-state index contributed by atoms with van der Waals surface area (Å²) in [6, 6.07) is 7.24. The Morgan fingerprint density at radius 1 is 1.20 bits per heavy atom. The fraction of sp³-hybridized carbons (Fsp3) is 0.533. The number of rotatable bonds is 2. The molecule has 1 aliphatic carbocycles. The summed E-state index contributed by atoms with van der Waals surface area (Å²) in [5.41, 5.74) is 0.660. The third-order valence-electron chi connectivity index (χ3n) is 4.17. The Morgan fingerprint density at radius 3 is 2.60 bits per heavy atom. The van der Waals surface area contributed by atoms with Gasteiger partial charge in [0.2, 0.25) is 0 Å². The molecule has 0 spiro atoms. The molecule has 1 saturated carbocycles. The number of aliphatic hydroxyl groups excluding tert-OH is 1. The van der Waals surface area contributed by atoms with Gasteiger partial charge in [0.25, 0.3) is 0 Å². The molecule has 4 nitrogen and oxygen atoms in total. The summed E-state index contributed by atoms with van der Waals surface area (Å²) in [6.07, 6.45) is 3.17. The van der Waals surface area contributed by atoms with E-state index in [0.29, 0.717) is 10.6 Å². The molecule has 2 atom stereocenters. The van der Waals surface area contributed by atoms with Gasteiger partial charge >= 0.3 is 6.09 Å². The van der Waals surface area contributed by atoms with Crippen LogP contribution in [0.2, 0.25) is 5.02 Å². The zero-order valence-corrected chi connectivity index (χ0v) is 11.9. The first-order chi connectivity index (χ1) is 9.68. The van der Waals surface area contributed by atoms with Crippen molar-refractivity contribution in [3.63, 3.8) is 0 Å². The molecule has 3 rings (SSSR count). The van der Waals surface area contributed by atoms with Crippen LogP contribution in [0.25, 0.3) is 0 Å². The number of halogens is 1. The highest BCUT2D eigenvalue weighted by molar-refractivity contribution is 6.31. The predicted octanol–water partition coefficient (Wildman–Crippen LogP) is 3.48. The minimum Gasteiger partial charge on any atom is -0.436 e. The summed E-state index contributed by atoms with van der Waals surface area (Å²) in [7, 11) is 0. The van der Waals surface area contributed by atoms with E-state index in [1.165, 1.54) is 11.3 Å². The molecule has 0 bridgehead atoms. The van der Waals surface area contributed by atoms with Crippen molar-refractivity contribution in [3.8, 4) is 0 Å². The molecule has 0 radical (unpaired) electrons. The van der Waals surface area contributed by atoms with Crippen molar-refractivity contribution in [1.29, 1.82) is 0 Å². The number of amides is 1. The maximum absolute atomic E-state index is 12.1. The topological polar surface area (TPSA) is 49.8 Å². The van der Waals surface area contributed by atoms with Crippen LogP contribution in [0.1, 0.15) is 43.8 Å². The van der Waals surface area contributed by atoms with Gasteiger partial charge in [0.05, 0.1) is 0 Å². The maximum atomic E-state index is 12.1. The second-order valence-corrected chi connectivity index (χ2v) is 5.85. The number of aliphatic hydroxyl groups is 1. The molecule has 2 fully saturated rings. The van der Waals surface area contributed by atoms with Crippen LogP contribution < -0.4 is 0 Å². The molecular formula is C15H18ClNO3. The van der Waals surface area contributed by atoms with E-state index in [1.807, 2.05) is 12.1 Å². The summed E-state index contributed by atoms with van der Waals surface area (Å²) < 4.78 is 5.36. The smallest absolute Gasteiger partial charge is 0.413 e. The van der Waals surface area contributed by atoms with Crippen molar-refractivity contribution >= 4 is 17.7 Å². The third-order valence-corrected chi connectivity index (χ3v) is 4.52. The minimum atomic E-state index is -0.953. The molecule has 108 valence electrons.